The Morgan fingerprint density at radius 3 is 2.21 bits per heavy atom. The van der Waals surface area contributed by atoms with E-state index in [1.54, 1.807) is 24.3 Å². The molecule has 1 atom stereocenters. The monoisotopic (exact) mass is 434 g/mol. The number of carbonyl (C=O) groups excluding carboxylic acids is 1. The van der Waals surface area contributed by atoms with Crippen LogP contribution in [0.25, 0.3) is 0 Å². The van der Waals surface area contributed by atoms with Gasteiger partial charge in [-0.3, -0.25) is 9.35 Å². The molecule has 28 heavy (non-hydrogen) atoms. The van der Waals surface area contributed by atoms with Gasteiger partial charge in [-0.1, -0.05) is 26.0 Å². The minimum absolute atomic E-state index is 0.0322. The molecule has 8 nitrogen and oxygen atoms in total. The van der Waals surface area contributed by atoms with Gasteiger partial charge in [-0.15, -0.1) is 0 Å². The van der Waals surface area contributed by atoms with Gasteiger partial charge in [0.2, 0.25) is 0 Å². The molecular weight excluding hydrogens is 404 g/mol. The van der Waals surface area contributed by atoms with Crippen LogP contribution in [0.4, 0.5) is 0 Å². The van der Waals surface area contributed by atoms with E-state index in [1.165, 1.54) is 0 Å². The average molecular weight is 435 g/mol. The third-order valence-corrected chi connectivity index (χ3v) is 5.50. The zero-order valence-corrected chi connectivity index (χ0v) is 18.3. The summed E-state index contributed by atoms with van der Waals surface area (Å²) >= 11 is 0. The standard InChI is InChI=1S/C18H30N2O6S2/c1-13(2)19-9-10-20-17(21)15-5-7-16(8-6-15)18(27-28(22,23)24)26-12-11-25-14(3)4/h5-8,13-14,18-19H,9-12H2,1-4H3,(H,20,21)(H,22,23,24). The second-order valence-corrected chi connectivity index (χ2v) is 9.95. The van der Waals surface area contributed by atoms with Gasteiger partial charge in [-0.25, -0.2) is 0 Å². The molecule has 1 amide bonds. The van der Waals surface area contributed by atoms with Crippen molar-refractivity contribution in [3.05, 3.63) is 35.4 Å². The summed E-state index contributed by atoms with van der Waals surface area (Å²) in [6, 6.07) is 6.73. The van der Waals surface area contributed by atoms with Crippen molar-refractivity contribution in [2.75, 3.05) is 26.3 Å². The van der Waals surface area contributed by atoms with Gasteiger partial charge in [0, 0.05) is 35.5 Å². The molecule has 0 aromatic heterocycles. The van der Waals surface area contributed by atoms with E-state index in [4.69, 9.17) is 14.0 Å². The zero-order valence-electron chi connectivity index (χ0n) is 16.7. The second-order valence-electron chi connectivity index (χ2n) is 6.63. The van der Waals surface area contributed by atoms with Crippen molar-refractivity contribution in [3.63, 3.8) is 0 Å². The summed E-state index contributed by atoms with van der Waals surface area (Å²) in [6.45, 7) is 9.44. The molecule has 0 aliphatic heterocycles. The maximum absolute atomic E-state index is 12.1. The number of hydrogen-bond donors (Lipinski definition) is 3. The highest BCUT2D eigenvalue weighted by atomic mass is 33.1. The Kier molecular flexibility index (Phi) is 11.0. The van der Waals surface area contributed by atoms with E-state index in [-0.39, 0.29) is 29.4 Å². The Labute approximate surface area is 170 Å². The second kappa shape index (κ2) is 12.4. The highest BCUT2D eigenvalue weighted by Gasteiger charge is 2.21. The summed E-state index contributed by atoms with van der Waals surface area (Å²) < 4.78 is 42.6. The lowest BCUT2D eigenvalue weighted by Crippen LogP contribution is -2.34. The van der Waals surface area contributed by atoms with Crippen LogP contribution in [0.15, 0.2) is 24.3 Å². The summed E-state index contributed by atoms with van der Waals surface area (Å²) in [5, 5.41) is 6.01. The highest BCUT2D eigenvalue weighted by molar-refractivity contribution is 8.69. The van der Waals surface area contributed by atoms with Crippen molar-refractivity contribution in [3.8, 4) is 0 Å². The van der Waals surface area contributed by atoms with Gasteiger partial charge in [0.1, 0.15) is 5.44 Å². The van der Waals surface area contributed by atoms with Crippen molar-refractivity contribution in [2.24, 2.45) is 0 Å². The maximum Gasteiger partial charge on any atom is 0.322 e. The van der Waals surface area contributed by atoms with Crippen LogP contribution in [0.1, 0.15) is 49.1 Å². The van der Waals surface area contributed by atoms with Crippen molar-refractivity contribution >= 4 is 25.9 Å². The van der Waals surface area contributed by atoms with Gasteiger partial charge in [-0.05, 0) is 31.5 Å². The molecule has 0 saturated carbocycles. The average Bonchev–Trinajstić information content (AvgIpc) is 2.60. The van der Waals surface area contributed by atoms with Crippen molar-refractivity contribution in [2.45, 2.75) is 45.3 Å². The first-order valence-electron chi connectivity index (χ1n) is 9.09. The molecule has 0 spiro atoms. The van der Waals surface area contributed by atoms with Crippen LogP contribution < -0.4 is 10.6 Å². The highest BCUT2D eigenvalue weighted by Crippen LogP contribution is 2.33. The fourth-order valence-electron chi connectivity index (χ4n) is 2.16. The number of nitrogens with one attached hydrogen (secondary N) is 2. The largest absolute Gasteiger partial charge is 0.376 e. The predicted octanol–water partition coefficient (Wildman–Crippen LogP) is 2.39. The molecule has 1 aromatic rings. The van der Waals surface area contributed by atoms with E-state index in [2.05, 4.69) is 10.6 Å². The van der Waals surface area contributed by atoms with Gasteiger partial charge in [0.15, 0.2) is 0 Å². The summed E-state index contributed by atoms with van der Waals surface area (Å²) in [6.07, 6.45) is 0.0322. The third kappa shape index (κ3) is 11.0. The summed E-state index contributed by atoms with van der Waals surface area (Å²) in [7, 11) is -4.02. The topological polar surface area (TPSA) is 114 Å². The van der Waals surface area contributed by atoms with Crippen LogP contribution >= 0.6 is 10.8 Å². The number of ether oxygens (including phenoxy) is 2. The molecule has 1 unspecified atom stereocenters. The first kappa shape index (κ1) is 24.9. The predicted molar refractivity (Wildman–Crippen MR) is 111 cm³/mol. The van der Waals surface area contributed by atoms with Gasteiger partial charge in [0.05, 0.1) is 19.3 Å². The molecule has 3 N–H and O–H groups in total. The smallest absolute Gasteiger partial charge is 0.322 e. The molecule has 0 bridgehead atoms. The fraction of sp³-hybridized carbons (Fsp3) is 0.611. The van der Waals surface area contributed by atoms with Crippen molar-refractivity contribution < 1.29 is 27.2 Å². The van der Waals surface area contributed by atoms with Crippen LogP contribution in [-0.4, -0.2) is 57.3 Å². The first-order valence-corrected chi connectivity index (χ1v) is 11.9. The molecule has 0 fully saturated rings. The summed E-state index contributed by atoms with van der Waals surface area (Å²) in [5.41, 5.74) is 0.0374. The summed E-state index contributed by atoms with van der Waals surface area (Å²) in [5.74, 6) is -0.220. The quantitative estimate of drug-likeness (QED) is 0.188. The molecule has 0 aliphatic carbocycles. The number of amides is 1. The molecular formula is C18H30N2O6S2. The number of hydrogen-bond acceptors (Lipinski definition) is 7. The van der Waals surface area contributed by atoms with E-state index in [9.17, 15) is 13.2 Å². The normalized spacial score (nSPS) is 13.1. The first-order chi connectivity index (χ1) is 13.1. The van der Waals surface area contributed by atoms with Crippen LogP contribution in [0.3, 0.4) is 0 Å². The molecule has 0 radical (unpaired) electrons. The minimum Gasteiger partial charge on any atom is -0.376 e. The molecule has 10 heteroatoms. The Morgan fingerprint density at radius 2 is 1.68 bits per heavy atom. The van der Waals surface area contributed by atoms with E-state index < -0.39 is 14.6 Å². The Balaban J connectivity index is 2.68. The number of carbonyl (C=O) groups is 1. The summed E-state index contributed by atoms with van der Waals surface area (Å²) in [4.78, 5) is 12.1. The number of benzene rings is 1. The maximum atomic E-state index is 12.1. The molecule has 1 aromatic carbocycles. The van der Waals surface area contributed by atoms with E-state index in [0.29, 0.717) is 36.9 Å². The van der Waals surface area contributed by atoms with Crippen LogP contribution in [-0.2, 0) is 18.6 Å². The van der Waals surface area contributed by atoms with Crippen molar-refractivity contribution in [1.29, 1.82) is 0 Å². The zero-order chi connectivity index (χ0) is 21.2. The van der Waals surface area contributed by atoms with Gasteiger partial charge >= 0.3 is 9.15 Å². The molecule has 1 rings (SSSR count). The Hall–Kier alpha value is -1.17. The van der Waals surface area contributed by atoms with Crippen molar-refractivity contribution in [1.82, 2.24) is 10.6 Å². The lowest BCUT2D eigenvalue weighted by Gasteiger charge is -2.17. The molecule has 0 aliphatic rings. The van der Waals surface area contributed by atoms with Crippen LogP contribution in [0.5, 0.6) is 0 Å². The number of rotatable bonds is 13. The third-order valence-electron chi connectivity index (χ3n) is 3.42. The SMILES string of the molecule is CC(C)NCCNC(=O)c1ccc(C(OCCOC(C)C)SS(=O)(=O)O)cc1. The molecule has 0 heterocycles. The van der Waals surface area contributed by atoms with Gasteiger partial charge < -0.3 is 20.1 Å². The Bertz CT molecular complexity index is 693. The van der Waals surface area contributed by atoms with Gasteiger partial charge in [-0.2, -0.15) is 8.42 Å². The lowest BCUT2D eigenvalue weighted by atomic mass is 10.1. The van der Waals surface area contributed by atoms with Gasteiger partial charge in [0.25, 0.3) is 5.91 Å². The van der Waals surface area contributed by atoms with Crippen LogP contribution in [0.2, 0.25) is 0 Å². The fourth-order valence-corrected chi connectivity index (χ4v) is 3.96. The molecule has 160 valence electrons. The Morgan fingerprint density at radius 1 is 1.07 bits per heavy atom. The van der Waals surface area contributed by atoms with Crippen LogP contribution in [0, 0.1) is 0 Å². The van der Waals surface area contributed by atoms with E-state index in [1.807, 2.05) is 27.7 Å². The molecule has 0 saturated heterocycles. The minimum atomic E-state index is -4.31. The van der Waals surface area contributed by atoms with E-state index in [0.717, 1.165) is 0 Å². The van der Waals surface area contributed by atoms with E-state index >= 15 is 0 Å². The lowest BCUT2D eigenvalue weighted by molar-refractivity contribution is 0.0119.